The third kappa shape index (κ3) is 33.4. The van der Waals surface area contributed by atoms with Crippen molar-refractivity contribution in [2.24, 2.45) is 5.41 Å². The summed E-state index contributed by atoms with van der Waals surface area (Å²) >= 11 is 0. The Labute approximate surface area is 534 Å². The standard InChI is InChI=1S/C45H90O2P2.C32H51O3P/c1-3-5-7-9-11-13-15-17-19-21-23-25-27-29-31-33-39-46-48-41-35-45(36-42-48)37-43-49(44-38-45)47-40-34-32-30-28-26-24-22-20-18-16-14-12-10-8-6-4-2;1-16-33-36(34-27-21(2)17-23(29(4,5)6)19-25(27)31(10,11)12)35-28-22(3)18-24(30(7,8)9)20-26(28)32(13,14)15/h3-44H2,1-2H3;17-20H,16H2,1-15H3. The molecule has 0 saturated carbocycles. The van der Waals surface area contributed by atoms with Gasteiger partial charge in [-0.15, -0.1) is 0 Å². The Kier molecular flexibility index (Phi) is 39.8. The normalized spacial score (nSPS) is 17.9. The van der Waals surface area contributed by atoms with Gasteiger partial charge in [0.25, 0.3) is 0 Å². The molecule has 2 aliphatic rings. The van der Waals surface area contributed by atoms with Gasteiger partial charge in [-0.1, -0.05) is 314 Å². The van der Waals surface area contributed by atoms with Crippen LogP contribution in [0.1, 0.15) is 368 Å². The van der Waals surface area contributed by atoms with Crippen LogP contribution in [0.4, 0.5) is 0 Å². The zero-order valence-electron chi connectivity index (χ0n) is 59.6. The highest BCUT2D eigenvalue weighted by Gasteiger charge is 2.39. The quantitative estimate of drug-likeness (QED) is 0.0490. The lowest BCUT2D eigenvalue weighted by Gasteiger charge is -2.44. The first-order valence-electron chi connectivity index (χ1n) is 36.3. The molecular formula is C77H141O5P3. The highest BCUT2D eigenvalue weighted by molar-refractivity contribution is 7.53. The van der Waals surface area contributed by atoms with Gasteiger partial charge < -0.3 is 18.1 Å². The summed E-state index contributed by atoms with van der Waals surface area (Å²) in [5.41, 5.74) is 7.79. The van der Waals surface area contributed by atoms with E-state index in [1.807, 2.05) is 6.92 Å². The molecule has 2 aliphatic heterocycles. The van der Waals surface area contributed by atoms with Crippen LogP contribution in [0.5, 0.6) is 11.5 Å². The van der Waals surface area contributed by atoms with Gasteiger partial charge in [0.15, 0.2) is 0 Å². The lowest BCUT2D eigenvalue weighted by Crippen LogP contribution is -2.32. The summed E-state index contributed by atoms with van der Waals surface area (Å²) in [5.74, 6) is 1.74. The fourth-order valence-electron chi connectivity index (χ4n) is 12.5. The van der Waals surface area contributed by atoms with Crippen LogP contribution in [-0.2, 0) is 35.2 Å². The third-order valence-electron chi connectivity index (χ3n) is 18.6. The summed E-state index contributed by atoms with van der Waals surface area (Å²) in [4.78, 5) is 0. The molecule has 2 heterocycles. The van der Waals surface area contributed by atoms with Gasteiger partial charge in [0.2, 0.25) is 0 Å². The summed E-state index contributed by atoms with van der Waals surface area (Å²) in [6, 6.07) is 9.08. The van der Waals surface area contributed by atoms with E-state index in [1.54, 1.807) is 0 Å². The summed E-state index contributed by atoms with van der Waals surface area (Å²) < 4.78 is 32.3. The maximum Gasteiger partial charge on any atom is 0.463 e. The van der Waals surface area contributed by atoms with Gasteiger partial charge >= 0.3 is 8.60 Å². The Bertz CT molecular complexity index is 1850. The zero-order chi connectivity index (χ0) is 62.6. The molecule has 0 amide bonds. The maximum atomic E-state index is 6.66. The fourth-order valence-corrected chi connectivity index (χ4v) is 18.2. The first kappa shape index (κ1) is 78.5. The number of unbranched alkanes of at least 4 members (excludes halogenated alkanes) is 30. The SMILES string of the molecule is CCCCCCCCCCCCCCCCCCOP1CCC2(CC1)CCP(OCCCCCCCCCCCCCCCCCC)CC2.CCOP(Oc1c(C)cc(C(C)(C)C)cc1C(C)(C)C)Oc1c(C)cc(C(C)(C)C)cc1C(C)(C)C. The first-order chi connectivity index (χ1) is 40.4. The van der Waals surface area contributed by atoms with Crippen molar-refractivity contribution in [2.45, 2.75) is 371 Å². The van der Waals surface area contributed by atoms with Crippen molar-refractivity contribution >= 4 is 24.9 Å². The number of hydrogen-bond donors (Lipinski definition) is 0. The largest absolute Gasteiger partial charge is 0.463 e. The van der Waals surface area contributed by atoms with Crippen molar-refractivity contribution in [3.05, 3.63) is 57.6 Å². The van der Waals surface area contributed by atoms with Gasteiger partial charge in [-0.2, -0.15) is 0 Å². The molecule has 0 unspecified atom stereocenters. The van der Waals surface area contributed by atoms with Gasteiger partial charge in [0, 0.05) is 27.4 Å². The molecule has 0 atom stereocenters. The van der Waals surface area contributed by atoms with Crippen molar-refractivity contribution in [3.63, 3.8) is 0 Å². The van der Waals surface area contributed by atoms with Crippen molar-refractivity contribution in [1.29, 1.82) is 0 Å². The van der Waals surface area contributed by atoms with Gasteiger partial charge in [-0.3, -0.25) is 4.52 Å². The first-order valence-corrected chi connectivity index (χ1v) is 40.7. The molecule has 494 valence electrons. The lowest BCUT2D eigenvalue weighted by atomic mass is 9.77. The predicted octanol–water partition coefficient (Wildman–Crippen LogP) is 27.1. The Morgan fingerprint density at radius 3 is 0.859 bits per heavy atom. The summed E-state index contributed by atoms with van der Waals surface area (Å²) in [7, 11) is -1.91. The Morgan fingerprint density at radius 1 is 0.365 bits per heavy atom. The maximum absolute atomic E-state index is 6.66. The minimum Gasteiger partial charge on any atom is -0.417 e. The molecule has 2 aromatic carbocycles. The fraction of sp³-hybridized carbons (Fsp3) is 0.844. The molecule has 1 spiro atoms. The van der Waals surface area contributed by atoms with Crippen LogP contribution in [0.25, 0.3) is 0 Å². The molecule has 85 heavy (non-hydrogen) atoms. The second-order valence-corrected chi connectivity index (χ2v) is 36.1. The van der Waals surface area contributed by atoms with E-state index in [4.69, 9.17) is 22.6 Å². The molecule has 2 fully saturated rings. The Hall–Kier alpha value is -0.790. The molecule has 0 aliphatic carbocycles. The van der Waals surface area contributed by atoms with Crippen molar-refractivity contribution in [3.8, 4) is 11.5 Å². The van der Waals surface area contributed by atoms with E-state index in [2.05, 4.69) is 135 Å². The average molecular weight is 1240 g/mol. The minimum atomic E-state index is -1.65. The van der Waals surface area contributed by atoms with Gasteiger partial charge in [-0.25, -0.2) is 0 Å². The molecule has 8 heteroatoms. The lowest BCUT2D eigenvalue weighted by molar-refractivity contribution is 0.212. The van der Waals surface area contributed by atoms with E-state index in [0.717, 1.165) is 35.8 Å². The molecular weight excluding hydrogens is 1100 g/mol. The van der Waals surface area contributed by atoms with Crippen LogP contribution < -0.4 is 9.05 Å². The molecule has 0 N–H and O–H groups in total. The third-order valence-corrected chi connectivity index (χ3v) is 23.7. The average Bonchev–Trinajstić information content (AvgIpc) is 2.37. The van der Waals surface area contributed by atoms with E-state index in [1.165, 1.54) is 278 Å². The van der Waals surface area contributed by atoms with Gasteiger partial charge in [-0.05, 0) is 133 Å². The molecule has 2 aromatic rings. The zero-order valence-corrected chi connectivity index (χ0v) is 62.3. The topological polar surface area (TPSA) is 46.2 Å². The summed E-state index contributed by atoms with van der Waals surface area (Å²) in [6.45, 7) is 40.4. The van der Waals surface area contributed by atoms with Crippen LogP contribution in [0.2, 0.25) is 0 Å². The highest BCUT2D eigenvalue weighted by Crippen LogP contribution is 2.58. The van der Waals surface area contributed by atoms with Crippen LogP contribution in [0.15, 0.2) is 24.3 Å². The second-order valence-electron chi connectivity index (χ2n) is 30.8. The minimum absolute atomic E-state index is 0.0535. The van der Waals surface area contributed by atoms with Crippen LogP contribution in [-0.4, -0.2) is 44.5 Å². The molecule has 2 saturated heterocycles. The van der Waals surface area contributed by atoms with E-state index in [0.29, 0.717) is 12.0 Å². The van der Waals surface area contributed by atoms with E-state index < -0.39 is 8.60 Å². The second kappa shape index (κ2) is 43.1. The van der Waals surface area contributed by atoms with Crippen LogP contribution >= 0.6 is 24.9 Å². The number of rotatable bonds is 42. The van der Waals surface area contributed by atoms with Gasteiger partial charge in [0.05, 0.1) is 19.8 Å². The highest BCUT2D eigenvalue weighted by atomic mass is 31.2. The monoisotopic (exact) mass is 1240 g/mol. The summed E-state index contributed by atoms with van der Waals surface area (Å²) in [6.07, 6.45) is 57.4. The number of hydrogen-bond acceptors (Lipinski definition) is 5. The number of aryl methyl sites for hydroxylation is 2. The van der Waals surface area contributed by atoms with Crippen LogP contribution in [0, 0.1) is 19.3 Å². The molecule has 0 radical (unpaired) electrons. The van der Waals surface area contributed by atoms with Crippen molar-refractivity contribution in [1.82, 2.24) is 0 Å². The van der Waals surface area contributed by atoms with E-state index in [-0.39, 0.29) is 38.0 Å². The number of benzene rings is 2. The van der Waals surface area contributed by atoms with Crippen molar-refractivity contribution in [2.75, 3.05) is 44.5 Å². The Balaban J connectivity index is 0.000000466. The summed E-state index contributed by atoms with van der Waals surface area (Å²) in [5, 5.41) is 0. The molecule has 4 rings (SSSR count). The van der Waals surface area contributed by atoms with Crippen LogP contribution in [0.3, 0.4) is 0 Å². The Morgan fingerprint density at radius 2 is 0.624 bits per heavy atom. The smallest absolute Gasteiger partial charge is 0.417 e. The predicted molar refractivity (Wildman–Crippen MR) is 382 cm³/mol. The molecule has 0 aromatic heterocycles. The molecule has 0 bridgehead atoms. The van der Waals surface area contributed by atoms with Gasteiger partial charge in [0.1, 0.15) is 11.5 Å². The molecule has 5 nitrogen and oxygen atoms in total. The van der Waals surface area contributed by atoms with Crippen molar-refractivity contribution < 1.29 is 22.6 Å². The van der Waals surface area contributed by atoms with E-state index in [9.17, 15) is 0 Å². The van der Waals surface area contributed by atoms with E-state index >= 15 is 0 Å².